The molecule has 1 aliphatic rings. The summed E-state index contributed by atoms with van der Waals surface area (Å²) in [6.45, 7) is 6.33. The van der Waals surface area contributed by atoms with Gasteiger partial charge < -0.3 is 19.7 Å². The van der Waals surface area contributed by atoms with E-state index in [0.717, 1.165) is 44.6 Å². The fourth-order valence-electron chi connectivity index (χ4n) is 3.63. The van der Waals surface area contributed by atoms with Crippen molar-refractivity contribution in [3.63, 3.8) is 0 Å². The zero-order valence-electron chi connectivity index (χ0n) is 18.3. The number of unbranched alkanes of at least 4 members (excludes halogenated alkanes) is 1. The fraction of sp³-hybridized carbons (Fsp3) is 0.458. The molecule has 30 heavy (non-hydrogen) atoms. The van der Waals surface area contributed by atoms with Gasteiger partial charge in [-0.1, -0.05) is 43.7 Å². The van der Waals surface area contributed by atoms with Crippen molar-refractivity contribution >= 4 is 11.6 Å². The highest BCUT2D eigenvalue weighted by atomic mass is 16.5. The lowest BCUT2D eigenvalue weighted by Gasteiger charge is -2.37. The van der Waals surface area contributed by atoms with Crippen LogP contribution in [0.25, 0.3) is 0 Å². The van der Waals surface area contributed by atoms with Gasteiger partial charge in [-0.05, 0) is 31.2 Å². The van der Waals surface area contributed by atoms with E-state index >= 15 is 0 Å². The standard InChI is InChI=1S/C24H33N3O3/c1-4-5-17-30-22-12-11-20(29-3)18-21(22)25-24(28)23(19-9-7-6-8-10-19)27-15-13-26(2)14-16-27/h6-12,18,23H,4-5,13-17H2,1-3H3,(H,25,28). The SMILES string of the molecule is CCCCOc1ccc(OC)cc1NC(=O)C(c1ccccc1)N1CCN(C)CC1. The molecule has 1 N–H and O–H groups in total. The van der Waals surface area contributed by atoms with Crippen LogP contribution in [-0.2, 0) is 4.79 Å². The summed E-state index contributed by atoms with van der Waals surface area (Å²) in [7, 11) is 3.74. The normalized spacial score (nSPS) is 16.1. The number of hydrogen-bond donors (Lipinski definition) is 1. The summed E-state index contributed by atoms with van der Waals surface area (Å²) in [6, 6.07) is 15.2. The van der Waals surface area contributed by atoms with E-state index in [9.17, 15) is 4.79 Å². The minimum absolute atomic E-state index is 0.0562. The summed E-state index contributed by atoms with van der Waals surface area (Å²) in [5.41, 5.74) is 1.64. The molecule has 162 valence electrons. The zero-order chi connectivity index (χ0) is 21.3. The lowest BCUT2D eigenvalue weighted by Crippen LogP contribution is -2.48. The number of nitrogens with one attached hydrogen (secondary N) is 1. The molecule has 0 aliphatic carbocycles. The number of amides is 1. The van der Waals surface area contributed by atoms with Gasteiger partial charge in [-0.15, -0.1) is 0 Å². The number of carbonyl (C=O) groups is 1. The van der Waals surface area contributed by atoms with E-state index in [2.05, 4.69) is 29.1 Å². The van der Waals surface area contributed by atoms with Crippen LogP contribution in [0, 0.1) is 0 Å². The molecule has 3 rings (SSSR count). The van der Waals surface area contributed by atoms with Crippen molar-refractivity contribution < 1.29 is 14.3 Å². The molecule has 1 amide bonds. The summed E-state index contributed by atoms with van der Waals surface area (Å²) in [5, 5.41) is 3.12. The molecular weight excluding hydrogens is 378 g/mol. The molecule has 1 heterocycles. The van der Waals surface area contributed by atoms with Crippen molar-refractivity contribution in [3.05, 3.63) is 54.1 Å². The summed E-state index contributed by atoms with van der Waals surface area (Å²) in [4.78, 5) is 18.1. The summed E-state index contributed by atoms with van der Waals surface area (Å²) >= 11 is 0. The van der Waals surface area contributed by atoms with Crippen molar-refractivity contribution in [2.75, 3.05) is 52.3 Å². The van der Waals surface area contributed by atoms with Crippen LogP contribution in [0.4, 0.5) is 5.69 Å². The van der Waals surface area contributed by atoms with E-state index < -0.39 is 0 Å². The molecule has 0 saturated carbocycles. The minimum atomic E-state index is -0.352. The molecule has 1 fully saturated rings. The van der Waals surface area contributed by atoms with Crippen LogP contribution in [0.3, 0.4) is 0 Å². The maximum Gasteiger partial charge on any atom is 0.246 e. The third-order valence-corrected chi connectivity index (χ3v) is 5.47. The Morgan fingerprint density at radius 1 is 1.10 bits per heavy atom. The topological polar surface area (TPSA) is 54.0 Å². The number of hydrogen-bond acceptors (Lipinski definition) is 5. The Bertz CT molecular complexity index is 805. The van der Waals surface area contributed by atoms with Gasteiger partial charge in [0.05, 0.1) is 19.4 Å². The molecule has 0 bridgehead atoms. The molecule has 6 heteroatoms. The van der Waals surface area contributed by atoms with Crippen molar-refractivity contribution in [2.24, 2.45) is 0 Å². The Labute approximate surface area is 179 Å². The summed E-state index contributed by atoms with van der Waals surface area (Å²) in [5.74, 6) is 1.30. The summed E-state index contributed by atoms with van der Waals surface area (Å²) < 4.78 is 11.3. The molecule has 1 aliphatic heterocycles. The molecule has 1 atom stereocenters. The van der Waals surface area contributed by atoms with Gasteiger partial charge in [-0.3, -0.25) is 9.69 Å². The Morgan fingerprint density at radius 2 is 1.83 bits per heavy atom. The molecule has 1 saturated heterocycles. The van der Waals surface area contributed by atoms with Crippen molar-refractivity contribution in [1.82, 2.24) is 9.80 Å². The Morgan fingerprint density at radius 3 is 2.50 bits per heavy atom. The Balaban J connectivity index is 1.84. The first-order valence-corrected chi connectivity index (χ1v) is 10.7. The largest absolute Gasteiger partial charge is 0.497 e. The van der Waals surface area contributed by atoms with Gasteiger partial charge in [0.15, 0.2) is 0 Å². The number of likely N-dealkylation sites (N-methyl/N-ethyl adjacent to an activating group) is 1. The molecule has 0 aromatic heterocycles. The third kappa shape index (κ3) is 5.74. The quantitative estimate of drug-likeness (QED) is 0.636. The highest BCUT2D eigenvalue weighted by Crippen LogP contribution is 2.32. The van der Waals surface area contributed by atoms with Gasteiger partial charge in [0.1, 0.15) is 17.5 Å². The van der Waals surface area contributed by atoms with Crippen molar-refractivity contribution in [3.8, 4) is 11.5 Å². The number of methoxy groups -OCH3 is 1. The number of anilines is 1. The number of piperazine rings is 1. The van der Waals surface area contributed by atoms with Crippen LogP contribution in [0.1, 0.15) is 31.4 Å². The molecule has 1 unspecified atom stereocenters. The second-order valence-electron chi connectivity index (χ2n) is 7.71. The number of nitrogens with zero attached hydrogens (tertiary/aromatic N) is 2. The van der Waals surface area contributed by atoms with E-state index in [0.29, 0.717) is 23.8 Å². The van der Waals surface area contributed by atoms with E-state index in [1.165, 1.54) is 0 Å². The molecule has 2 aromatic carbocycles. The molecule has 6 nitrogen and oxygen atoms in total. The van der Waals surface area contributed by atoms with Crippen LogP contribution < -0.4 is 14.8 Å². The average molecular weight is 412 g/mol. The zero-order valence-corrected chi connectivity index (χ0v) is 18.3. The number of carbonyl (C=O) groups excluding carboxylic acids is 1. The van der Waals surface area contributed by atoms with Crippen molar-refractivity contribution in [2.45, 2.75) is 25.8 Å². The average Bonchev–Trinajstić information content (AvgIpc) is 2.77. The monoisotopic (exact) mass is 411 g/mol. The third-order valence-electron chi connectivity index (χ3n) is 5.47. The van der Waals surface area contributed by atoms with Gasteiger partial charge in [0.25, 0.3) is 0 Å². The van der Waals surface area contributed by atoms with Crippen LogP contribution in [0.15, 0.2) is 48.5 Å². The number of benzene rings is 2. The van der Waals surface area contributed by atoms with Gasteiger partial charge in [0.2, 0.25) is 5.91 Å². The van der Waals surface area contributed by atoms with Crippen LogP contribution in [0.2, 0.25) is 0 Å². The smallest absolute Gasteiger partial charge is 0.246 e. The second-order valence-corrected chi connectivity index (χ2v) is 7.71. The molecule has 2 aromatic rings. The molecular formula is C24H33N3O3. The first-order valence-electron chi connectivity index (χ1n) is 10.7. The number of ether oxygens (including phenoxy) is 2. The lowest BCUT2D eigenvalue weighted by molar-refractivity contribution is -0.122. The second kappa shape index (κ2) is 11.0. The first kappa shape index (κ1) is 22.1. The van der Waals surface area contributed by atoms with Crippen molar-refractivity contribution in [1.29, 1.82) is 0 Å². The van der Waals surface area contributed by atoms with Crippen LogP contribution in [-0.4, -0.2) is 62.7 Å². The predicted octanol–water partition coefficient (Wildman–Crippen LogP) is 3.80. The van der Waals surface area contributed by atoms with E-state index in [-0.39, 0.29) is 11.9 Å². The maximum absolute atomic E-state index is 13.5. The highest BCUT2D eigenvalue weighted by molar-refractivity contribution is 5.97. The van der Waals surface area contributed by atoms with Gasteiger partial charge in [0, 0.05) is 32.2 Å². The maximum atomic E-state index is 13.5. The van der Waals surface area contributed by atoms with Gasteiger partial charge >= 0.3 is 0 Å². The van der Waals surface area contributed by atoms with Crippen LogP contribution >= 0.6 is 0 Å². The summed E-state index contributed by atoms with van der Waals surface area (Å²) in [6.07, 6.45) is 2.02. The van der Waals surface area contributed by atoms with E-state index in [4.69, 9.17) is 9.47 Å². The lowest BCUT2D eigenvalue weighted by atomic mass is 10.0. The number of rotatable bonds is 9. The van der Waals surface area contributed by atoms with E-state index in [1.807, 2.05) is 48.5 Å². The fourth-order valence-corrected chi connectivity index (χ4v) is 3.63. The van der Waals surface area contributed by atoms with Gasteiger partial charge in [-0.25, -0.2) is 0 Å². The molecule has 0 radical (unpaired) electrons. The Hall–Kier alpha value is -2.57. The highest BCUT2D eigenvalue weighted by Gasteiger charge is 2.30. The Kier molecular flexibility index (Phi) is 8.11. The predicted molar refractivity (Wildman–Crippen MR) is 120 cm³/mol. The minimum Gasteiger partial charge on any atom is -0.497 e. The van der Waals surface area contributed by atoms with E-state index in [1.54, 1.807) is 7.11 Å². The van der Waals surface area contributed by atoms with Gasteiger partial charge in [-0.2, -0.15) is 0 Å². The molecule has 0 spiro atoms. The van der Waals surface area contributed by atoms with Crippen LogP contribution in [0.5, 0.6) is 11.5 Å². The first-order chi connectivity index (χ1) is 14.6.